The molecule has 2 aliphatic heterocycles. The first-order chi connectivity index (χ1) is 15.1. The molecule has 2 aromatic heterocycles. The number of nitrogens with one attached hydrogen (secondary N) is 2. The summed E-state index contributed by atoms with van der Waals surface area (Å²) in [6.45, 7) is 1.11. The Morgan fingerprint density at radius 2 is 1.94 bits per heavy atom. The van der Waals surface area contributed by atoms with E-state index in [2.05, 4.69) is 33.6 Å². The minimum Gasteiger partial charge on any atom is -0.346 e. The quantitative estimate of drug-likeness (QED) is 0.507. The van der Waals surface area contributed by atoms with Crippen LogP contribution in [-0.2, 0) is 4.79 Å². The van der Waals surface area contributed by atoms with E-state index in [1.165, 1.54) is 12.0 Å². The SMILES string of the molecule is CN1CCCC1c1ccc(NC=C2C(=O)NC(=O)c3ccc(-n4cccc4)cc32)nc1. The lowest BCUT2D eigenvalue weighted by atomic mass is 9.95. The topological polar surface area (TPSA) is 79.3 Å². The number of carbonyl (C=O) groups excluding carboxylic acids is 2. The lowest BCUT2D eigenvalue weighted by molar-refractivity contribution is -0.114. The second kappa shape index (κ2) is 7.85. The Hall–Kier alpha value is -3.71. The number of hydrogen-bond acceptors (Lipinski definition) is 5. The van der Waals surface area contributed by atoms with E-state index in [1.54, 1.807) is 12.3 Å². The predicted molar refractivity (Wildman–Crippen MR) is 119 cm³/mol. The number of aromatic nitrogens is 2. The van der Waals surface area contributed by atoms with Crippen LogP contribution in [0, 0.1) is 0 Å². The summed E-state index contributed by atoms with van der Waals surface area (Å²) in [7, 11) is 2.14. The van der Waals surface area contributed by atoms with Crippen LogP contribution in [0.25, 0.3) is 11.3 Å². The number of amides is 2. The third-order valence-electron chi connectivity index (χ3n) is 5.97. The predicted octanol–water partition coefficient (Wildman–Crippen LogP) is 3.36. The van der Waals surface area contributed by atoms with Gasteiger partial charge in [0.2, 0.25) is 0 Å². The fourth-order valence-corrected chi connectivity index (χ4v) is 4.29. The standard InChI is InChI=1S/C24H23N5O2/c1-28-10-4-5-21(28)16-6-9-22(25-14-16)26-15-20-19-13-17(29-11-2-3-12-29)7-8-18(19)23(30)27-24(20)31/h2-3,6-9,11-15,21H,4-5,10H2,1H3,(H,25,26)(H,27,30,31). The van der Waals surface area contributed by atoms with E-state index in [-0.39, 0.29) is 5.91 Å². The lowest BCUT2D eigenvalue weighted by Crippen LogP contribution is -2.36. The third-order valence-corrected chi connectivity index (χ3v) is 5.97. The van der Waals surface area contributed by atoms with Crippen molar-refractivity contribution in [2.45, 2.75) is 18.9 Å². The first-order valence-electron chi connectivity index (χ1n) is 10.4. The Morgan fingerprint density at radius 3 is 2.65 bits per heavy atom. The van der Waals surface area contributed by atoms with Crippen molar-refractivity contribution in [1.82, 2.24) is 19.8 Å². The maximum atomic E-state index is 12.6. The summed E-state index contributed by atoms with van der Waals surface area (Å²) in [6, 6.07) is 13.7. The maximum absolute atomic E-state index is 12.6. The Balaban J connectivity index is 1.43. The summed E-state index contributed by atoms with van der Waals surface area (Å²) >= 11 is 0. The molecule has 7 heteroatoms. The zero-order valence-corrected chi connectivity index (χ0v) is 17.2. The maximum Gasteiger partial charge on any atom is 0.260 e. The van der Waals surface area contributed by atoms with Gasteiger partial charge in [0.15, 0.2) is 0 Å². The number of rotatable bonds is 4. The van der Waals surface area contributed by atoms with Gasteiger partial charge in [-0.2, -0.15) is 0 Å². The highest BCUT2D eigenvalue weighted by molar-refractivity contribution is 6.31. The smallest absolute Gasteiger partial charge is 0.260 e. The van der Waals surface area contributed by atoms with Gasteiger partial charge in [-0.25, -0.2) is 4.98 Å². The van der Waals surface area contributed by atoms with Gasteiger partial charge in [0, 0.05) is 47.6 Å². The lowest BCUT2D eigenvalue weighted by Gasteiger charge is -2.20. The molecular formula is C24H23N5O2. The van der Waals surface area contributed by atoms with Gasteiger partial charge in [0.1, 0.15) is 5.82 Å². The minimum absolute atomic E-state index is 0.389. The summed E-state index contributed by atoms with van der Waals surface area (Å²) < 4.78 is 1.93. The number of anilines is 1. The van der Waals surface area contributed by atoms with Crippen LogP contribution in [0.1, 0.15) is 40.4 Å². The minimum atomic E-state index is -0.432. The van der Waals surface area contributed by atoms with E-state index in [1.807, 2.05) is 53.5 Å². The van der Waals surface area contributed by atoms with E-state index < -0.39 is 5.91 Å². The number of likely N-dealkylation sites (tertiary alicyclic amines) is 1. The van der Waals surface area contributed by atoms with Gasteiger partial charge in [-0.15, -0.1) is 0 Å². The van der Waals surface area contributed by atoms with Crippen molar-refractivity contribution in [1.29, 1.82) is 0 Å². The average Bonchev–Trinajstić information content (AvgIpc) is 3.46. The molecule has 1 unspecified atom stereocenters. The summed E-state index contributed by atoms with van der Waals surface area (Å²) in [5.74, 6) is -0.178. The summed E-state index contributed by atoms with van der Waals surface area (Å²) in [5, 5.41) is 5.53. The van der Waals surface area contributed by atoms with Crippen molar-refractivity contribution in [3.05, 3.63) is 83.9 Å². The first kappa shape index (κ1) is 19.3. The number of imide groups is 1. The molecule has 1 fully saturated rings. The fraction of sp³-hybridized carbons (Fsp3) is 0.208. The molecule has 3 aromatic rings. The van der Waals surface area contributed by atoms with E-state index in [0.717, 1.165) is 18.7 Å². The van der Waals surface area contributed by atoms with Crippen LogP contribution in [0.2, 0.25) is 0 Å². The molecular weight excluding hydrogens is 390 g/mol. The number of benzene rings is 1. The molecule has 156 valence electrons. The molecule has 1 aromatic carbocycles. The van der Waals surface area contributed by atoms with Crippen LogP contribution in [0.4, 0.5) is 5.82 Å². The van der Waals surface area contributed by atoms with Crippen molar-refractivity contribution >= 4 is 23.2 Å². The molecule has 2 aliphatic rings. The average molecular weight is 413 g/mol. The molecule has 0 radical (unpaired) electrons. The fourth-order valence-electron chi connectivity index (χ4n) is 4.29. The van der Waals surface area contributed by atoms with Crippen LogP contribution < -0.4 is 10.6 Å². The zero-order valence-electron chi connectivity index (χ0n) is 17.2. The number of hydrogen-bond donors (Lipinski definition) is 2. The van der Waals surface area contributed by atoms with E-state index in [4.69, 9.17) is 0 Å². The Labute approximate surface area is 180 Å². The van der Waals surface area contributed by atoms with Crippen LogP contribution in [0.3, 0.4) is 0 Å². The molecule has 0 aliphatic carbocycles. The monoisotopic (exact) mass is 413 g/mol. The molecule has 0 bridgehead atoms. The van der Waals surface area contributed by atoms with Gasteiger partial charge in [-0.3, -0.25) is 19.8 Å². The Morgan fingerprint density at radius 1 is 1.10 bits per heavy atom. The largest absolute Gasteiger partial charge is 0.346 e. The van der Waals surface area contributed by atoms with Gasteiger partial charge in [-0.05, 0) is 68.4 Å². The van der Waals surface area contributed by atoms with Gasteiger partial charge < -0.3 is 9.88 Å². The molecule has 4 heterocycles. The van der Waals surface area contributed by atoms with Crippen LogP contribution >= 0.6 is 0 Å². The Kier molecular flexibility index (Phi) is 4.88. The van der Waals surface area contributed by atoms with Gasteiger partial charge in [0.05, 0.1) is 5.57 Å². The highest BCUT2D eigenvalue weighted by Crippen LogP contribution is 2.30. The van der Waals surface area contributed by atoms with Crippen molar-refractivity contribution in [3.8, 4) is 5.69 Å². The number of pyridine rings is 1. The second-order valence-electron chi connectivity index (χ2n) is 7.92. The summed E-state index contributed by atoms with van der Waals surface area (Å²) in [6.07, 6.45) is 9.68. The molecule has 2 amide bonds. The van der Waals surface area contributed by atoms with Crippen molar-refractivity contribution in [3.63, 3.8) is 0 Å². The molecule has 31 heavy (non-hydrogen) atoms. The zero-order chi connectivity index (χ0) is 21.4. The molecule has 1 saturated heterocycles. The number of fused-ring (bicyclic) bond motifs is 1. The van der Waals surface area contributed by atoms with Crippen LogP contribution in [0.15, 0.2) is 67.3 Å². The van der Waals surface area contributed by atoms with E-state index >= 15 is 0 Å². The molecule has 0 saturated carbocycles. The molecule has 5 rings (SSSR count). The highest BCUT2D eigenvalue weighted by Gasteiger charge is 2.28. The number of carbonyl (C=O) groups is 2. The van der Waals surface area contributed by atoms with E-state index in [0.29, 0.717) is 28.6 Å². The molecule has 7 nitrogen and oxygen atoms in total. The van der Waals surface area contributed by atoms with Crippen molar-refractivity contribution in [2.75, 3.05) is 18.9 Å². The van der Waals surface area contributed by atoms with Gasteiger partial charge in [-0.1, -0.05) is 6.07 Å². The van der Waals surface area contributed by atoms with E-state index in [9.17, 15) is 9.59 Å². The summed E-state index contributed by atoms with van der Waals surface area (Å²) in [4.78, 5) is 31.7. The highest BCUT2D eigenvalue weighted by atomic mass is 16.2. The Bertz CT molecular complexity index is 1170. The normalized spacial score (nSPS) is 20.0. The van der Waals surface area contributed by atoms with Gasteiger partial charge >= 0.3 is 0 Å². The molecule has 1 atom stereocenters. The van der Waals surface area contributed by atoms with Crippen LogP contribution in [0.5, 0.6) is 0 Å². The first-order valence-corrected chi connectivity index (χ1v) is 10.4. The molecule has 2 N–H and O–H groups in total. The van der Waals surface area contributed by atoms with Gasteiger partial charge in [0.25, 0.3) is 11.8 Å². The van der Waals surface area contributed by atoms with Crippen LogP contribution in [-0.4, -0.2) is 39.9 Å². The second-order valence-corrected chi connectivity index (χ2v) is 7.92. The van der Waals surface area contributed by atoms with Crippen molar-refractivity contribution in [2.24, 2.45) is 0 Å². The van der Waals surface area contributed by atoms with Crippen molar-refractivity contribution < 1.29 is 9.59 Å². The third kappa shape index (κ3) is 3.64. The number of nitrogens with zero attached hydrogens (tertiary/aromatic N) is 3. The summed E-state index contributed by atoms with van der Waals surface area (Å²) in [5.41, 5.74) is 3.53. The molecule has 0 spiro atoms.